The molecule has 1 aliphatic heterocycles. The topological polar surface area (TPSA) is 57.7 Å². The molecule has 0 atom stereocenters. The van der Waals surface area contributed by atoms with E-state index in [-0.39, 0.29) is 28.9 Å². The van der Waals surface area contributed by atoms with E-state index in [9.17, 15) is 13.2 Å². The zero-order chi connectivity index (χ0) is 21.1. The Balaban J connectivity index is 1.43. The Hall–Kier alpha value is -2.67. The van der Waals surface area contributed by atoms with E-state index in [0.29, 0.717) is 18.7 Å². The van der Waals surface area contributed by atoms with Crippen LogP contribution < -0.4 is 0 Å². The van der Waals surface area contributed by atoms with Crippen LogP contribution in [0, 0.1) is 0 Å². The lowest BCUT2D eigenvalue weighted by Gasteiger charge is -2.34. The van der Waals surface area contributed by atoms with E-state index in [0.717, 1.165) is 11.1 Å². The van der Waals surface area contributed by atoms with Gasteiger partial charge < -0.3 is 4.90 Å². The number of carbonyl (C=O) groups excluding carboxylic acids is 1. The number of benzene rings is 3. The summed E-state index contributed by atoms with van der Waals surface area (Å²) in [6.45, 7) is 1.15. The van der Waals surface area contributed by atoms with Crippen molar-refractivity contribution in [1.29, 1.82) is 0 Å². The summed E-state index contributed by atoms with van der Waals surface area (Å²) in [7, 11) is -3.68. The number of piperazine rings is 1. The van der Waals surface area contributed by atoms with Crippen LogP contribution in [0.1, 0.15) is 10.4 Å². The zero-order valence-electron chi connectivity index (χ0n) is 16.2. The molecule has 3 aromatic rings. The van der Waals surface area contributed by atoms with Crippen LogP contribution in [0.15, 0.2) is 83.8 Å². The minimum absolute atomic E-state index is 0.0931. The minimum atomic E-state index is -3.68. The van der Waals surface area contributed by atoms with Crippen molar-refractivity contribution in [3.05, 3.63) is 89.4 Å². The zero-order valence-corrected chi connectivity index (χ0v) is 17.8. The second-order valence-corrected chi connectivity index (χ2v) is 9.38. The highest BCUT2D eigenvalue weighted by Gasteiger charge is 2.31. The van der Waals surface area contributed by atoms with Crippen LogP contribution in [0.3, 0.4) is 0 Å². The lowest BCUT2D eigenvalue weighted by molar-refractivity contribution is 0.0698. The van der Waals surface area contributed by atoms with E-state index in [1.165, 1.54) is 10.4 Å². The Morgan fingerprint density at radius 3 is 1.93 bits per heavy atom. The van der Waals surface area contributed by atoms with Crippen LogP contribution in [0.4, 0.5) is 0 Å². The molecule has 5 nitrogen and oxygen atoms in total. The molecule has 4 rings (SSSR count). The predicted molar refractivity (Wildman–Crippen MR) is 118 cm³/mol. The molecule has 1 amide bonds. The Morgan fingerprint density at radius 2 is 1.30 bits per heavy atom. The normalized spacial score (nSPS) is 15.2. The summed E-state index contributed by atoms with van der Waals surface area (Å²) in [4.78, 5) is 14.7. The lowest BCUT2D eigenvalue weighted by Crippen LogP contribution is -2.50. The van der Waals surface area contributed by atoms with Crippen LogP contribution in [0.2, 0.25) is 5.02 Å². The van der Waals surface area contributed by atoms with Crippen LogP contribution in [0.25, 0.3) is 11.1 Å². The summed E-state index contributed by atoms with van der Waals surface area (Å²) in [5.41, 5.74) is 2.73. The second-order valence-electron chi connectivity index (χ2n) is 7.07. The maximum atomic E-state index is 12.9. The number of carbonyl (C=O) groups is 1. The van der Waals surface area contributed by atoms with Gasteiger partial charge >= 0.3 is 0 Å². The molecule has 1 heterocycles. The van der Waals surface area contributed by atoms with Gasteiger partial charge in [-0.2, -0.15) is 4.31 Å². The SMILES string of the molecule is O=C(c1ccc(-c2ccccc2)cc1)N1CCN(S(=O)(=O)c2ccccc2Cl)CC1. The highest BCUT2D eigenvalue weighted by Crippen LogP contribution is 2.25. The molecule has 1 fully saturated rings. The highest BCUT2D eigenvalue weighted by molar-refractivity contribution is 7.89. The monoisotopic (exact) mass is 440 g/mol. The number of hydrogen-bond acceptors (Lipinski definition) is 3. The molecule has 1 aliphatic rings. The first-order valence-corrected chi connectivity index (χ1v) is 11.5. The molecule has 0 N–H and O–H groups in total. The maximum Gasteiger partial charge on any atom is 0.253 e. The molecule has 1 saturated heterocycles. The molecule has 0 saturated carbocycles. The average Bonchev–Trinajstić information content (AvgIpc) is 2.79. The first-order valence-electron chi connectivity index (χ1n) is 9.66. The Morgan fingerprint density at radius 1 is 0.733 bits per heavy atom. The third-order valence-electron chi connectivity index (χ3n) is 5.22. The van der Waals surface area contributed by atoms with Crippen LogP contribution in [-0.2, 0) is 10.0 Å². The van der Waals surface area contributed by atoms with Gasteiger partial charge in [0.25, 0.3) is 5.91 Å². The molecule has 0 spiro atoms. The fourth-order valence-electron chi connectivity index (χ4n) is 3.54. The van der Waals surface area contributed by atoms with Crippen LogP contribution in [-0.4, -0.2) is 49.7 Å². The third-order valence-corrected chi connectivity index (χ3v) is 7.62. The third kappa shape index (κ3) is 4.12. The van der Waals surface area contributed by atoms with Gasteiger partial charge in [-0.05, 0) is 35.4 Å². The quantitative estimate of drug-likeness (QED) is 0.612. The number of rotatable bonds is 4. The summed E-state index contributed by atoms with van der Waals surface area (Å²) in [6, 6.07) is 23.9. The van der Waals surface area contributed by atoms with E-state index in [1.54, 1.807) is 23.1 Å². The molecular weight excluding hydrogens is 420 g/mol. The van der Waals surface area contributed by atoms with Crippen molar-refractivity contribution in [2.24, 2.45) is 0 Å². The van der Waals surface area contributed by atoms with Gasteiger partial charge in [-0.25, -0.2) is 8.42 Å². The number of halogens is 1. The van der Waals surface area contributed by atoms with Gasteiger partial charge in [0.05, 0.1) is 5.02 Å². The van der Waals surface area contributed by atoms with Crippen LogP contribution >= 0.6 is 11.6 Å². The van der Waals surface area contributed by atoms with E-state index in [4.69, 9.17) is 11.6 Å². The van der Waals surface area contributed by atoms with Gasteiger partial charge in [-0.1, -0.05) is 66.2 Å². The molecular formula is C23H21ClN2O3S. The average molecular weight is 441 g/mol. The Kier molecular flexibility index (Phi) is 5.90. The van der Waals surface area contributed by atoms with E-state index < -0.39 is 10.0 Å². The van der Waals surface area contributed by atoms with Crippen molar-refractivity contribution in [2.75, 3.05) is 26.2 Å². The lowest BCUT2D eigenvalue weighted by atomic mass is 10.0. The molecule has 30 heavy (non-hydrogen) atoms. The second kappa shape index (κ2) is 8.60. The summed E-state index contributed by atoms with van der Waals surface area (Å²) >= 11 is 6.07. The van der Waals surface area contributed by atoms with Crippen molar-refractivity contribution in [3.63, 3.8) is 0 Å². The largest absolute Gasteiger partial charge is 0.336 e. The molecule has 0 bridgehead atoms. The van der Waals surface area contributed by atoms with Crippen molar-refractivity contribution in [2.45, 2.75) is 4.90 Å². The van der Waals surface area contributed by atoms with Gasteiger partial charge in [0.2, 0.25) is 10.0 Å². The molecule has 0 radical (unpaired) electrons. The van der Waals surface area contributed by atoms with Crippen molar-refractivity contribution in [1.82, 2.24) is 9.21 Å². The van der Waals surface area contributed by atoms with Crippen LogP contribution in [0.5, 0.6) is 0 Å². The summed E-state index contributed by atoms with van der Waals surface area (Å²) in [5, 5.41) is 0.203. The highest BCUT2D eigenvalue weighted by atomic mass is 35.5. The maximum absolute atomic E-state index is 12.9. The van der Waals surface area contributed by atoms with Gasteiger partial charge in [0, 0.05) is 31.7 Å². The number of sulfonamides is 1. The van der Waals surface area contributed by atoms with E-state index in [1.807, 2.05) is 54.6 Å². The number of amides is 1. The minimum Gasteiger partial charge on any atom is -0.336 e. The van der Waals surface area contributed by atoms with Gasteiger partial charge in [0.15, 0.2) is 0 Å². The predicted octanol–water partition coefficient (Wildman–Crippen LogP) is 4.15. The Bertz CT molecular complexity index is 1140. The first-order chi connectivity index (χ1) is 14.5. The van der Waals surface area contributed by atoms with Crippen molar-refractivity contribution < 1.29 is 13.2 Å². The molecule has 0 unspecified atom stereocenters. The summed E-state index contributed by atoms with van der Waals surface area (Å²) in [5.74, 6) is -0.0931. The van der Waals surface area contributed by atoms with Gasteiger partial charge in [0.1, 0.15) is 4.90 Å². The van der Waals surface area contributed by atoms with Crippen molar-refractivity contribution >= 4 is 27.5 Å². The van der Waals surface area contributed by atoms with Crippen molar-refractivity contribution in [3.8, 4) is 11.1 Å². The van der Waals surface area contributed by atoms with Gasteiger partial charge in [-0.15, -0.1) is 0 Å². The van der Waals surface area contributed by atoms with Gasteiger partial charge in [-0.3, -0.25) is 4.79 Å². The molecule has 0 aromatic heterocycles. The smallest absolute Gasteiger partial charge is 0.253 e. The standard InChI is InChI=1S/C23H21ClN2O3S/c24-21-8-4-5-9-22(21)30(28,29)26-16-14-25(15-17-26)23(27)20-12-10-19(11-13-20)18-6-2-1-3-7-18/h1-13H,14-17H2. The summed E-state index contributed by atoms with van der Waals surface area (Å²) < 4.78 is 27.1. The molecule has 7 heteroatoms. The molecule has 154 valence electrons. The molecule has 0 aliphatic carbocycles. The van der Waals surface area contributed by atoms with E-state index in [2.05, 4.69) is 0 Å². The fraction of sp³-hybridized carbons (Fsp3) is 0.174. The van der Waals surface area contributed by atoms with E-state index >= 15 is 0 Å². The molecule has 3 aromatic carbocycles. The fourth-order valence-corrected chi connectivity index (χ4v) is 5.46. The number of hydrogen-bond donors (Lipinski definition) is 0. The summed E-state index contributed by atoms with van der Waals surface area (Å²) in [6.07, 6.45) is 0. The number of nitrogens with zero attached hydrogens (tertiary/aromatic N) is 2. The Labute approximate surface area is 181 Å². The first kappa shape index (κ1) is 20.6.